The molecule has 0 radical (unpaired) electrons. The summed E-state index contributed by atoms with van der Waals surface area (Å²) in [5.74, 6) is -1.09. The highest BCUT2D eigenvalue weighted by Gasteiger charge is 2.39. The van der Waals surface area contributed by atoms with Crippen LogP contribution in [0.3, 0.4) is 0 Å². The fourth-order valence-corrected chi connectivity index (χ4v) is 1.89. The Morgan fingerprint density at radius 3 is 2.50 bits per heavy atom. The van der Waals surface area contributed by atoms with Crippen molar-refractivity contribution in [2.24, 2.45) is 0 Å². The third-order valence-corrected chi connectivity index (χ3v) is 2.99. The maximum absolute atomic E-state index is 11.7. The molecule has 20 heavy (non-hydrogen) atoms. The number of benzene rings is 1. The molecule has 2 N–H and O–H groups in total. The average Bonchev–Trinajstić information content (AvgIpc) is 2.45. The first-order valence-electron chi connectivity index (χ1n) is 6.28. The van der Waals surface area contributed by atoms with E-state index >= 15 is 0 Å². The zero-order chi connectivity index (χ0) is 15.0. The first-order chi connectivity index (χ1) is 9.54. The molecule has 5 heteroatoms. The summed E-state index contributed by atoms with van der Waals surface area (Å²) >= 11 is 0. The van der Waals surface area contributed by atoms with E-state index in [1.807, 2.05) is 30.3 Å². The minimum Gasteiger partial charge on any atom is -0.479 e. The highest BCUT2D eigenvalue weighted by Crippen LogP contribution is 2.19. The monoisotopic (exact) mass is 277 g/mol. The first kappa shape index (κ1) is 15.8. The number of allylic oxidation sites excluding steroid dienone is 1. The van der Waals surface area contributed by atoms with Crippen molar-refractivity contribution in [3.05, 3.63) is 48.0 Å². The van der Waals surface area contributed by atoms with Crippen LogP contribution in [0.4, 0.5) is 4.79 Å². The minimum absolute atomic E-state index is 0.183. The standard InChI is InChI=1S/C15H19NO4/c1-3-4-10-15(13(17)18,16-14(19)20-2)11-12-8-6-5-7-9-12/h3-9H,10-11H2,1-2H3,(H,16,19)(H,17,18)/t15-/m0/s1. The van der Waals surface area contributed by atoms with Crippen LogP contribution in [0, 0.1) is 0 Å². The number of carboxylic acid groups (broad SMARTS) is 1. The van der Waals surface area contributed by atoms with E-state index in [1.165, 1.54) is 7.11 Å². The molecule has 1 amide bonds. The Hall–Kier alpha value is -2.30. The number of nitrogens with one attached hydrogen (secondary N) is 1. The highest BCUT2D eigenvalue weighted by atomic mass is 16.5. The summed E-state index contributed by atoms with van der Waals surface area (Å²) in [6.07, 6.45) is 3.08. The average molecular weight is 277 g/mol. The number of amides is 1. The summed E-state index contributed by atoms with van der Waals surface area (Å²) in [6.45, 7) is 1.80. The molecule has 0 bridgehead atoms. The lowest BCUT2D eigenvalue weighted by atomic mass is 9.87. The summed E-state index contributed by atoms with van der Waals surface area (Å²) in [6, 6.07) is 9.16. The van der Waals surface area contributed by atoms with Gasteiger partial charge in [-0.05, 0) is 18.9 Å². The molecule has 1 rings (SSSR count). The fourth-order valence-electron chi connectivity index (χ4n) is 1.89. The number of carboxylic acids is 1. The molecule has 0 heterocycles. The summed E-state index contributed by atoms with van der Waals surface area (Å²) < 4.78 is 4.54. The van der Waals surface area contributed by atoms with Gasteiger partial charge in [0.2, 0.25) is 0 Å². The van der Waals surface area contributed by atoms with Gasteiger partial charge in [0, 0.05) is 6.42 Å². The van der Waals surface area contributed by atoms with Crippen LogP contribution in [0.15, 0.2) is 42.5 Å². The van der Waals surface area contributed by atoms with Gasteiger partial charge in [0.15, 0.2) is 0 Å². The van der Waals surface area contributed by atoms with Gasteiger partial charge < -0.3 is 15.2 Å². The number of carbonyl (C=O) groups is 2. The van der Waals surface area contributed by atoms with Gasteiger partial charge in [-0.15, -0.1) is 0 Å². The lowest BCUT2D eigenvalue weighted by Gasteiger charge is -2.29. The second kappa shape index (κ2) is 7.33. The van der Waals surface area contributed by atoms with Crippen molar-refractivity contribution in [2.75, 3.05) is 7.11 Å². The van der Waals surface area contributed by atoms with Crippen LogP contribution in [-0.4, -0.2) is 29.8 Å². The Kier molecular flexibility index (Phi) is 5.77. The van der Waals surface area contributed by atoms with Gasteiger partial charge in [0.1, 0.15) is 5.54 Å². The molecule has 1 atom stereocenters. The summed E-state index contributed by atoms with van der Waals surface area (Å²) in [4.78, 5) is 23.1. The third-order valence-electron chi connectivity index (χ3n) is 2.99. The van der Waals surface area contributed by atoms with Gasteiger partial charge in [-0.25, -0.2) is 9.59 Å². The van der Waals surface area contributed by atoms with Gasteiger partial charge >= 0.3 is 12.1 Å². The van der Waals surface area contributed by atoms with E-state index in [0.717, 1.165) is 5.56 Å². The Morgan fingerprint density at radius 1 is 1.35 bits per heavy atom. The van der Waals surface area contributed by atoms with Gasteiger partial charge in [0.05, 0.1) is 7.11 Å². The number of rotatable bonds is 6. The summed E-state index contributed by atoms with van der Waals surface area (Å²) in [5, 5.41) is 12.0. The number of alkyl carbamates (subject to hydrolysis) is 1. The Bertz CT molecular complexity index is 484. The Morgan fingerprint density at radius 2 is 2.00 bits per heavy atom. The molecule has 0 saturated carbocycles. The van der Waals surface area contributed by atoms with Crippen LogP contribution in [0.2, 0.25) is 0 Å². The van der Waals surface area contributed by atoms with E-state index in [4.69, 9.17) is 0 Å². The molecule has 108 valence electrons. The molecule has 0 unspecified atom stereocenters. The largest absolute Gasteiger partial charge is 0.479 e. The zero-order valence-corrected chi connectivity index (χ0v) is 11.6. The quantitative estimate of drug-likeness (QED) is 0.783. The maximum Gasteiger partial charge on any atom is 0.407 e. The lowest BCUT2D eigenvalue weighted by Crippen LogP contribution is -2.55. The second-order valence-electron chi connectivity index (χ2n) is 4.44. The normalized spacial score (nSPS) is 13.7. The molecule has 0 aliphatic heterocycles. The fraction of sp³-hybridized carbons (Fsp3) is 0.333. The molecule has 0 saturated heterocycles. The molecule has 0 aromatic heterocycles. The lowest BCUT2D eigenvalue weighted by molar-refractivity contribution is -0.144. The summed E-state index contributed by atoms with van der Waals surface area (Å²) in [5.41, 5.74) is -0.586. The van der Waals surface area contributed by atoms with Crippen molar-refractivity contribution in [2.45, 2.75) is 25.3 Å². The van der Waals surface area contributed by atoms with Crippen LogP contribution in [0.5, 0.6) is 0 Å². The minimum atomic E-state index is -1.42. The topological polar surface area (TPSA) is 75.6 Å². The SMILES string of the molecule is CC=CC[C@@](Cc1ccccc1)(NC(=O)OC)C(=O)O. The molecule has 0 spiro atoms. The van der Waals surface area contributed by atoms with E-state index in [2.05, 4.69) is 10.1 Å². The number of hydrogen-bond acceptors (Lipinski definition) is 3. The number of ether oxygens (including phenoxy) is 1. The second-order valence-corrected chi connectivity index (χ2v) is 4.44. The van der Waals surface area contributed by atoms with Crippen LogP contribution in [0.1, 0.15) is 18.9 Å². The molecule has 0 fully saturated rings. The number of aliphatic carboxylic acids is 1. The molecular weight excluding hydrogens is 258 g/mol. The van der Waals surface area contributed by atoms with Crippen molar-refractivity contribution in [3.63, 3.8) is 0 Å². The van der Waals surface area contributed by atoms with Crippen LogP contribution < -0.4 is 5.32 Å². The molecule has 5 nitrogen and oxygen atoms in total. The van der Waals surface area contributed by atoms with Crippen LogP contribution >= 0.6 is 0 Å². The molecule has 1 aromatic rings. The van der Waals surface area contributed by atoms with Crippen molar-refractivity contribution in [1.29, 1.82) is 0 Å². The van der Waals surface area contributed by atoms with Crippen molar-refractivity contribution >= 4 is 12.1 Å². The molecule has 0 aliphatic carbocycles. The van der Waals surface area contributed by atoms with E-state index in [9.17, 15) is 14.7 Å². The van der Waals surface area contributed by atoms with E-state index in [-0.39, 0.29) is 12.8 Å². The third kappa shape index (κ3) is 4.12. The highest BCUT2D eigenvalue weighted by molar-refractivity contribution is 5.85. The number of hydrogen-bond donors (Lipinski definition) is 2. The predicted octanol–water partition coefficient (Wildman–Crippen LogP) is 2.37. The van der Waals surface area contributed by atoms with Gasteiger partial charge in [0.25, 0.3) is 0 Å². The number of methoxy groups -OCH3 is 1. The van der Waals surface area contributed by atoms with Crippen molar-refractivity contribution in [3.8, 4) is 0 Å². The smallest absolute Gasteiger partial charge is 0.407 e. The zero-order valence-electron chi connectivity index (χ0n) is 11.6. The van der Waals surface area contributed by atoms with Gasteiger partial charge in [-0.1, -0.05) is 42.5 Å². The molecule has 0 aliphatic rings. The maximum atomic E-state index is 11.7. The van der Waals surface area contributed by atoms with Crippen LogP contribution in [0.25, 0.3) is 0 Å². The van der Waals surface area contributed by atoms with Crippen LogP contribution in [-0.2, 0) is 16.0 Å². The Labute approximate surface area is 118 Å². The predicted molar refractivity (Wildman–Crippen MR) is 75.5 cm³/mol. The summed E-state index contributed by atoms with van der Waals surface area (Å²) in [7, 11) is 1.21. The number of carbonyl (C=O) groups excluding carboxylic acids is 1. The van der Waals surface area contributed by atoms with Gasteiger partial charge in [-0.2, -0.15) is 0 Å². The van der Waals surface area contributed by atoms with Crippen molar-refractivity contribution < 1.29 is 19.4 Å². The van der Waals surface area contributed by atoms with E-state index < -0.39 is 17.6 Å². The molecule has 1 aromatic carbocycles. The first-order valence-corrected chi connectivity index (χ1v) is 6.28. The van der Waals surface area contributed by atoms with Crippen molar-refractivity contribution in [1.82, 2.24) is 5.32 Å². The molecular formula is C15H19NO4. The Balaban J connectivity index is 3.08. The van der Waals surface area contributed by atoms with Gasteiger partial charge in [-0.3, -0.25) is 0 Å². The van der Waals surface area contributed by atoms with E-state index in [0.29, 0.717) is 0 Å². The van der Waals surface area contributed by atoms with E-state index in [1.54, 1.807) is 19.1 Å².